The number of carbonyl (C=O) groups is 5. The molecule has 12 aromatic rings. The molecule has 115 heavy (non-hydrogen) atoms. The fourth-order valence-electron chi connectivity index (χ4n) is 13.4. The fraction of sp³-hybridized carbons (Fsp3) is 0.271. The largest absolute Gasteiger partial charge is 1.00 e. The molecule has 0 saturated carbocycles. The van der Waals surface area contributed by atoms with Gasteiger partial charge >= 0.3 is 18.9 Å². The molecule has 2 N–H and O–H groups in total. The van der Waals surface area contributed by atoms with Crippen molar-refractivity contribution >= 4 is 131 Å². The SMILES string of the molecule is Brc1cccc2ccccc12.CCN(CC)C(=O)c1ccc(C(Cl)c2cccc3ccccc23)cc1.CCN(CC)C(=O)c1ccc(C(O)c2cccc3ccccc23)cc1.CCN(CC)C(=O)c1ccc(C(c2cccc3ccccc23)N2CCNCC2)cc1.CCN(CC)C(=O)c1ccc(C=O)cc1.O=S(Cl)Cl.[CH2-]CCC.[Li+]. The molecule has 0 aromatic heterocycles. The van der Waals surface area contributed by atoms with E-state index in [4.69, 9.17) is 15.8 Å². The number of alkyl halides is 1. The molecule has 12 aromatic carbocycles. The first-order chi connectivity index (χ1) is 55.3. The number of halogens is 4. The summed E-state index contributed by atoms with van der Waals surface area (Å²) in [4.78, 5) is 69.6. The van der Waals surface area contributed by atoms with Crippen molar-refractivity contribution in [3.05, 3.63) is 340 Å². The van der Waals surface area contributed by atoms with Crippen LogP contribution in [0.3, 0.4) is 0 Å². The summed E-state index contributed by atoms with van der Waals surface area (Å²) in [6.07, 6.45) is 2.33. The minimum Gasteiger partial charge on any atom is -0.384 e. The van der Waals surface area contributed by atoms with Crippen LogP contribution in [0.15, 0.2) is 271 Å². The van der Waals surface area contributed by atoms with Gasteiger partial charge in [0.05, 0.1) is 11.4 Å². The van der Waals surface area contributed by atoms with E-state index in [-0.39, 0.29) is 53.9 Å². The van der Waals surface area contributed by atoms with Crippen molar-refractivity contribution in [3.8, 4) is 0 Å². The number of nitrogens with zero attached hydrogens (tertiary/aromatic N) is 5. The summed E-state index contributed by atoms with van der Waals surface area (Å²) >= 11 is 10.3. The van der Waals surface area contributed by atoms with Gasteiger partial charge in [0.15, 0.2) is 0 Å². The number of unbranched alkanes of at least 4 members (excludes halogenated alkanes) is 1. The average Bonchev–Trinajstić information content (AvgIpc) is 0.834. The molecule has 1 heterocycles. The van der Waals surface area contributed by atoms with E-state index in [2.05, 4.69) is 171 Å². The Morgan fingerprint density at radius 1 is 0.435 bits per heavy atom. The Balaban J connectivity index is 0.000000224. The number of carbonyl (C=O) groups excluding carboxylic acids is 5. The molecule has 13 nitrogen and oxygen atoms in total. The van der Waals surface area contributed by atoms with Crippen molar-refractivity contribution in [1.82, 2.24) is 29.8 Å². The molecule has 19 heteroatoms. The second-order valence-electron chi connectivity index (χ2n) is 26.7. The number of hydrogen-bond donors (Lipinski definition) is 2. The van der Waals surface area contributed by atoms with E-state index in [0.717, 1.165) is 100 Å². The topological polar surface area (TPSA) is 151 Å². The second kappa shape index (κ2) is 50.6. The number of hydrogen-bond acceptors (Lipinski definition) is 9. The number of nitrogens with one attached hydrogen (secondary N) is 1. The number of fused-ring (bicyclic) bond motifs is 4. The van der Waals surface area contributed by atoms with Gasteiger partial charge in [0.25, 0.3) is 23.6 Å². The number of rotatable bonds is 21. The van der Waals surface area contributed by atoms with E-state index in [9.17, 15) is 29.1 Å². The number of aliphatic hydroxyl groups excluding tert-OH is 1. The van der Waals surface area contributed by atoms with Gasteiger partial charge in [-0.3, -0.25) is 28.9 Å². The summed E-state index contributed by atoms with van der Waals surface area (Å²) in [5, 5.41) is 23.7. The maximum Gasteiger partial charge on any atom is 1.00 e. The predicted molar refractivity (Wildman–Crippen MR) is 482 cm³/mol. The van der Waals surface area contributed by atoms with Crippen LogP contribution in [0.1, 0.15) is 178 Å². The number of aliphatic hydroxyl groups is 1. The smallest absolute Gasteiger partial charge is 0.384 e. The minimum atomic E-state index is -1.67. The van der Waals surface area contributed by atoms with E-state index in [1.54, 1.807) is 46.2 Å². The number of benzene rings is 12. The normalized spacial score (nSPS) is 12.2. The minimum absolute atomic E-state index is 0. The Hall–Kier alpha value is -8.79. The number of amides is 4. The average molecular weight is 1680 g/mol. The summed E-state index contributed by atoms with van der Waals surface area (Å²) in [6.45, 7) is 31.3. The van der Waals surface area contributed by atoms with Gasteiger partial charge in [0.1, 0.15) is 12.4 Å². The van der Waals surface area contributed by atoms with Gasteiger partial charge in [0, 0.05) is 132 Å². The number of aldehydes is 1. The molecule has 13 rings (SSSR count). The predicted octanol–water partition coefficient (Wildman–Crippen LogP) is 19.6. The molecule has 3 atom stereocenters. The van der Waals surface area contributed by atoms with Crippen LogP contribution in [-0.2, 0) is 9.23 Å². The van der Waals surface area contributed by atoms with Gasteiger partial charge in [-0.1, -0.05) is 242 Å². The van der Waals surface area contributed by atoms with E-state index in [1.807, 2.05) is 187 Å². The zero-order valence-corrected chi connectivity index (χ0v) is 72.5. The third-order valence-corrected chi connectivity index (χ3v) is 21.0. The van der Waals surface area contributed by atoms with Gasteiger partial charge in [0.2, 0.25) is 9.23 Å². The van der Waals surface area contributed by atoms with Gasteiger partial charge < -0.3 is 36.9 Å². The quantitative estimate of drug-likeness (QED) is 0.0236. The molecule has 598 valence electrons. The van der Waals surface area contributed by atoms with Gasteiger partial charge in [-0.05, 0) is 186 Å². The van der Waals surface area contributed by atoms with Crippen LogP contribution in [-0.4, -0.2) is 142 Å². The van der Waals surface area contributed by atoms with Crippen LogP contribution < -0.4 is 24.2 Å². The van der Waals surface area contributed by atoms with Crippen LogP contribution in [0, 0.1) is 6.92 Å². The molecular formula is C96H107BrCl3LiN6O7S. The Morgan fingerprint density at radius 3 is 1.08 bits per heavy atom. The summed E-state index contributed by atoms with van der Waals surface area (Å²) in [6, 6.07) is 88.2. The second-order valence-corrected chi connectivity index (χ2v) is 30.5. The molecule has 1 aliphatic rings. The zero-order valence-electron chi connectivity index (χ0n) is 67.9. The van der Waals surface area contributed by atoms with E-state index >= 15 is 0 Å². The van der Waals surface area contributed by atoms with Crippen molar-refractivity contribution in [2.75, 3.05) is 78.5 Å². The van der Waals surface area contributed by atoms with E-state index in [1.165, 1.54) is 44.5 Å². The van der Waals surface area contributed by atoms with Crippen LogP contribution in [0.25, 0.3) is 43.1 Å². The van der Waals surface area contributed by atoms with Crippen molar-refractivity contribution in [3.63, 3.8) is 0 Å². The third-order valence-electron chi connectivity index (χ3n) is 19.8. The molecular weight excluding hydrogens is 1570 g/mol. The van der Waals surface area contributed by atoms with Crippen molar-refractivity contribution in [2.45, 2.75) is 92.7 Å². The Morgan fingerprint density at radius 2 is 0.722 bits per heavy atom. The molecule has 0 aliphatic carbocycles. The van der Waals surface area contributed by atoms with Crippen LogP contribution >= 0.6 is 48.9 Å². The standard InChI is InChI=1S/C26H31N3O.C22H22ClNO.C22H23NO2.C12H15NO2.C10H7Br.C4H9.Cl2OS.Li/c1-3-28(4-2)26(30)22-14-12-21(13-15-22)25(29-18-16-27-17-19-29)24-11-7-9-20-8-5-6-10-23(20)24;1-3-24(4-2)22(25)18-14-12-17(13-15-18)21(23)20-11-7-9-16-8-5-6-10-19(16)20;1-3-23(4-2)22(25)18-14-12-17(13-15-18)21(24)20-11-7-9-16-8-5-6-10-19(16)20;1-3-13(4-2)12(15)11-7-5-10(9-14)6-8-11;11-10-7-3-5-8-4-1-2-6-9(8)10;1-3-4-2;1-4(2)3;/h5-15,25,27H,3-4,16-19H2,1-2H3;5-15,21H,3-4H2,1-2H3;5-15,21,24H,3-4H2,1-2H3;5-9H,3-4H2,1-2H3;1-7H;1,3-4H2,2H3;;/q;;;;;-1;;+1. The summed E-state index contributed by atoms with van der Waals surface area (Å²) in [5.41, 5.74) is 9.65. The Kier molecular flexibility index (Phi) is 41.9. The molecule has 1 saturated heterocycles. The molecule has 1 aliphatic heterocycles. The third kappa shape index (κ3) is 27.4. The van der Waals surface area contributed by atoms with E-state index < -0.39 is 15.3 Å². The van der Waals surface area contributed by atoms with Crippen LogP contribution in [0.4, 0.5) is 0 Å². The van der Waals surface area contributed by atoms with Gasteiger partial charge in [-0.2, -0.15) is 6.42 Å². The van der Waals surface area contributed by atoms with Crippen molar-refractivity contribution < 1.29 is 52.1 Å². The molecule has 3 unspecified atom stereocenters. The first-order valence-electron chi connectivity index (χ1n) is 39.2. The Labute approximate surface area is 718 Å². The first-order valence-corrected chi connectivity index (χ1v) is 43.2. The zero-order chi connectivity index (χ0) is 82.5. The summed E-state index contributed by atoms with van der Waals surface area (Å²) < 4.78 is 10.2. The van der Waals surface area contributed by atoms with Crippen LogP contribution in [0.2, 0.25) is 0 Å². The monoisotopic (exact) mass is 1680 g/mol. The van der Waals surface area contributed by atoms with E-state index in [0.29, 0.717) is 61.5 Å². The van der Waals surface area contributed by atoms with Crippen molar-refractivity contribution in [1.29, 1.82) is 0 Å². The maximum atomic E-state index is 12.7. The Bertz CT molecular complexity index is 4830. The first kappa shape index (κ1) is 95.1. The number of piperazine rings is 1. The molecule has 0 radical (unpaired) electrons. The fourth-order valence-corrected chi connectivity index (χ4v) is 14.3. The van der Waals surface area contributed by atoms with Gasteiger partial charge in [-0.15, -0.1) is 11.6 Å². The van der Waals surface area contributed by atoms with Crippen LogP contribution in [0.5, 0.6) is 0 Å². The maximum absolute atomic E-state index is 12.7. The van der Waals surface area contributed by atoms with Gasteiger partial charge in [-0.25, -0.2) is 4.21 Å². The van der Waals surface area contributed by atoms with Crippen molar-refractivity contribution in [2.24, 2.45) is 0 Å². The molecule has 1 fully saturated rings. The summed E-state index contributed by atoms with van der Waals surface area (Å²) in [7, 11) is 7.36. The molecule has 4 amide bonds. The molecule has 0 bridgehead atoms. The summed E-state index contributed by atoms with van der Waals surface area (Å²) in [5.74, 6) is 0.205. The molecule has 0 spiro atoms.